The van der Waals surface area contributed by atoms with Gasteiger partial charge in [-0.15, -0.1) is 0 Å². The van der Waals surface area contributed by atoms with Crippen LogP contribution in [0.25, 0.3) is 0 Å². The second-order valence-corrected chi connectivity index (χ2v) is 5.39. The molecule has 1 aliphatic rings. The molecule has 1 aromatic rings. The number of unbranched alkanes of at least 4 members (excludes halogenated alkanes) is 1. The largest absolute Gasteiger partial charge is 0.354 e. The van der Waals surface area contributed by atoms with Crippen molar-refractivity contribution in [2.75, 3.05) is 24.7 Å². The third-order valence-corrected chi connectivity index (χ3v) is 4.03. The molecule has 2 rings (SSSR count). The van der Waals surface area contributed by atoms with Gasteiger partial charge in [-0.3, -0.25) is 0 Å². The molecule has 1 heterocycles. The van der Waals surface area contributed by atoms with E-state index in [2.05, 4.69) is 31.2 Å². The van der Waals surface area contributed by atoms with E-state index in [0.717, 1.165) is 37.5 Å². The van der Waals surface area contributed by atoms with Gasteiger partial charge in [0.05, 0.1) is 0 Å². The highest BCUT2D eigenvalue weighted by molar-refractivity contribution is 7.99. The zero-order valence-corrected chi connectivity index (χ0v) is 11.2. The minimum Gasteiger partial charge on any atom is -0.354 e. The lowest BCUT2D eigenvalue weighted by Gasteiger charge is -2.36. The molecule has 0 saturated carbocycles. The van der Waals surface area contributed by atoms with Gasteiger partial charge in [0, 0.05) is 30.2 Å². The first-order chi connectivity index (χ1) is 8.37. The number of ether oxygens (including phenoxy) is 1. The van der Waals surface area contributed by atoms with Crippen LogP contribution in [0, 0.1) is 0 Å². The third kappa shape index (κ3) is 3.24. The molecule has 0 aliphatic carbocycles. The van der Waals surface area contributed by atoms with Gasteiger partial charge in [0.1, 0.15) is 0 Å². The monoisotopic (exact) mass is 250 g/mol. The van der Waals surface area contributed by atoms with E-state index in [4.69, 9.17) is 10.1 Å². The van der Waals surface area contributed by atoms with Crippen molar-refractivity contribution < 1.29 is 4.74 Å². The second kappa shape index (κ2) is 6.43. The van der Waals surface area contributed by atoms with Crippen LogP contribution < -0.4 is 5.32 Å². The standard InChI is InChI=1S/C14H20NOS/c1-2-3-10-16-14(12-17-11-9-15-14)13-7-5-4-6-8-13/h4-8H,2-3,9-12H2,1H3. The second-order valence-electron chi connectivity index (χ2n) is 4.29. The third-order valence-electron chi connectivity index (χ3n) is 2.96. The Morgan fingerprint density at radius 1 is 1.35 bits per heavy atom. The number of benzene rings is 1. The highest BCUT2D eigenvalue weighted by Crippen LogP contribution is 2.31. The number of rotatable bonds is 5. The van der Waals surface area contributed by atoms with E-state index >= 15 is 0 Å². The van der Waals surface area contributed by atoms with Crippen LogP contribution in [0.5, 0.6) is 0 Å². The van der Waals surface area contributed by atoms with Gasteiger partial charge in [-0.1, -0.05) is 43.7 Å². The van der Waals surface area contributed by atoms with Crippen LogP contribution in [0.3, 0.4) is 0 Å². The molecule has 0 aromatic heterocycles. The molecule has 0 bridgehead atoms. The molecule has 1 radical (unpaired) electrons. The highest BCUT2D eigenvalue weighted by atomic mass is 32.2. The molecule has 0 N–H and O–H groups in total. The van der Waals surface area contributed by atoms with Gasteiger partial charge >= 0.3 is 0 Å². The fourth-order valence-electron chi connectivity index (χ4n) is 1.98. The number of nitrogens with zero attached hydrogens (tertiary/aromatic N) is 1. The van der Waals surface area contributed by atoms with Crippen molar-refractivity contribution in [3.63, 3.8) is 0 Å². The molecule has 93 valence electrons. The Morgan fingerprint density at radius 2 is 2.18 bits per heavy atom. The van der Waals surface area contributed by atoms with Crippen molar-refractivity contribution in [3.05, 3.63) is 35.9 Å². The molecule has 1 atom stereocenters. The lowest BCUT2D eigenvalue weighted by atomic mass is 10.0. The Bertz CT molecular complexity index is 322. The summed E-state index contributed by atoms with van der Waals surface area (Å²) in [5.41, 5.74) is 0.808. The van der Waals surface area contributed by atoms with Crippen LogP contribution in [-0.4, -0.2) is 24.7 Å². The van der Waals surface area contributed by atoms with E-state index in [-0.39, 0.29) is 5.72 Å². The molecular weight excluding hydrogens is 230 g/mol. The zero-order valence-electron chi connectivity index (χ0n) is 10.4. The lowest BCUT2D eigenvalue weighted by molar-refractivity contribution is -0.0634. The summed E-state index contributed by atoms with van der Waals surface area (Å²) in [5.74, 6) is 2.06. The Hall–Kier alpha value is -0.510. The SMILES string of the molecule is CCCCOC1(c2ccccc2)CSCC[N]1. The summed E-state index contributed by atoms with van der Waals surface area (Å²) in [6.07, 6.45) is 2.27. The summed E-state index contributed by atoms with van der Waals surface area (Å²) in [6.45, 7) is 3.88. The summed E-state index contributed by atoms with van der Waals surface area (Å²) < 4.78 is 6.11. The summed E-state index contributed by atoms with van der Waals surface area (Å²) >= 11 is 1.94. The predicted molar refractivity (Wildman–Crippen MR) is 73.3 cm³/mol. The van der Waals surface area contributed by atoms with Crippen LogP contribution in [0.1, 0.15) is 25.3 Å². The maximum atomic E-state index is 6.11. The van der Waals surface area contributed by atoms with Crippen molar-refractivity contribution in [3.8, 4) is 0 Å². The van der Waals surface area contributed by atoms with Crippen molar-refractivity contribution in [1.82, 2.24) is 5.32 Å². The fraction of sp³-hybridized carbons (Fsp3) is 0.571. The molecule has 17 heavy (non-hydrogen) atoms. The van der Waals surface area contributed by atoms with Gasteiger partial charge in [-0.2, -0.15) is 11.8 Å². The summed E-state index contributed by atoms with van der Waals surface area (Å²) in [4.78, 5) is 0. The molecule has 2 nitrogen and oxygen atoms in total. The Kier molecular flexibility index (Phi) is 4.89. The smallest absolute Gasteiger partial charge is 0.169 e. The van der Waals surface area contributed by atoms with Gasteiger partial charge in [-0.25, -0.2) is 5.32 Å². The Morgan fingerprint density at radius 3 is 2.82 bits per heavy atom. The first-order valence-corrected chi connectivity index (χ1v) is 7.49. The van der Waals surface area contributed by atoms with Crippen LogP contribution in [-0.2, 0) is 10.5 Å². The van der Waals surface area contributed by atoms with Crippen LogP contribution in [0.15, 0.2) is 30.3 Å². The quantitative estimate of drug-likeness (QED) is 0.750. The molecule has 1 saturated heterocycles. The molecule has 1 unspecified atom stereocenters. The fourth-order valence-corrected chi connectivity index (χ4v) is 2.96. The number of thioether (sulfide) groups is 1. The molecule has 3 heteroatoms. The number of hydrogen-bond acceptors (Lipinski definition) is 2. The van der Waals surface area contributed by atoms with E-state index in [9.17, 15) is 0 Å². The first kappa shape index (κ1) is 12.9. The van der Waals surface area contributed by atoms with E-state index < -0.39 is 0 Å². The van der Waals surface area contributed by atoms with Gasteiger partial charge in [-0.05, 0) is 6.42 Å². The van der Waals surface area contributed by atoms with Crippen molar-refractivity contribution in [2.45, 2.75) is 25.5 Å². The molecule has 1 aromatic carbocycles. The lowest BCUT2D eigenvalue weighted by Crippen LogP contribution is -2.46. The van der Waals surface area contributed by atoms with E-state index in [1.807, 2.05) is 17.8 Å². The summed E-state index contributed by atoms with van der Waals surface area (Å²) in [5, 5.41) is 4.76. The average Bonchev–Trinajstić information content (AvgIpc) is 2.41. The van der Waals surface area contributed by atoms with Crippen molar-refractivity contribution in [2.24, 2.45) is 0 Å². The summed E-state index contributed by atoms with van der Waals surface area (Å²) in [7, 11) is 0. The predicted octanol–water partition coefficient (Wildman–Crippen LogP) is 3.01. The highest BCUT2D eigenvalue weighted by Gasteiger charge is 2.36. The molecule has 1 fully saturated rings. The van der Waals surface area contributed by atoms with E-state index in [0.29, 0.717) is 0 Å². The molecule has 0 amide bonds. The average molecular weight is 250 g/mol. The van der Waals surface area contributed by atoms with Crippen molar-refractivity contribution in [1.29, 1.82) is 0 Å². The summed E-state index contributed by atoms with van der Waals surface area (Å²) in [6, 6.07) is 10.4. The van der Waals surface area contributed by atoms with Gasteiger partial charge < -0.3 is 4.74 Å². The molecular formula is C14H20NOS. The van der Waals surface area contributed by atoms with E-state index in [1.54, 1.807) is 0 Å². The Labute approximate surface area is 108 Å². The molecule has 0 spiro atoms. The Balaban J connectivity index is 2.11. The van der Waals surface area contributed by atoms with Gasteiger partial charge in [0.25, 0.3) is 0 Å². The maximum absolute atomic E-state index is 6.11. The van der Waals surface area contributed by atoms with Crippen molar-refractivity contribution >= 4 is 11.8 Å². The van der Waals surface area contributed by atoms with Crippen LogP contribution in [0.4, 0.5) is 0 Å². The minimum atomic E-state index is -0.390. The van der Waals surface area contributed by atoms with Crippen LogP contribution >= 0.6 is 11.8 Å². The molecule has 1 aliphatic heterocycles. The normalized spacial score (nSPS) is 24.8. The van der Waals surface area contributed by atoms with E-state index in [1.165, 1.54) is 5.56 Å². The zero-order chi connectivity index (χ0) is 12.0. The topological polar surface area (TPSA) is 23.3 Å². The maximum Gasteiger partial charge on any atom is 0.169 e. The van der Waals surface area contributed by atoms with Gasteiger partial charge in [0.15, 0.2) is 5.72 Å². The van der Waals surface area contributed by atoms with Crippen LogP contribution in [0.2, 0.25) is 0 Å². The minimum absolute atomic E-state index is 0.390. The van der Waals surface area contributed by atoms with Gasteiger partial charge in [0.2, 0.25) is 0 Å². The first-order valence-electron chi connectivity index (χ1n) is 6.33. The number of hydrogen-bond donors (Lipinski definition) is 0.